The van der Waals surface area contributed by atoms with Crippen LogP contribution in [-0.4, -0.2) is 40.1 Å². The van der Waals surface area contributed by atoms with Gasteiger partial charge in [0.25, 0.3) is 0 Å². The second-order valence-corrected chi connectivity index (χ2v) is 7.04. The van der Waals surface area contributed by atoms with Crippen LogP contribution in [0.15, 0.2) is 47.8 Å². The molecule has 1 aliphatic rings. The van der Waals surface area contributed by atoms with Gasteiger partial charge in [-0.3, -0.25) is 4.90 Å². The van der Waals surface area contributed by atoms with Crippen LogP contribution in [0, 0.1) is 0 Å². The Balaban J connectivity index is 0.000000301. The molecule has 2 aromatic rings. The Morgan fingerprint density at radius 3 is 2.33 bits per heavy atom. The van der Waals surface area contributed by atoms with Gasteiger partial charge in [-0.2, -0.15) is 0 Å². The molecule has 1 saturated heterocycles. The highest BCUT2D eigenvalue weighted by Gasteiger charge is 2.35. The molecule has 0 saturated carbocycles. The zero-order valence-electron chi connectivity index (χ0n) is 13.5. The van der Waals surface area contributed by atoms with Crippen LogP contribution in [0.5, 0.6) is 0 Å². The molecule has 0 aliphatic carbocycles. The van der Waals surface area contributed by atoms with Crippen LogP contribution >= 0.6 is 11.3 Å². The summed E-state index contributed by atoms with van der Waals surface area (Å²) in [7, 11) is 0. The molecule has 128 valence electrons. The van der Waals surface area contributed by atoms with Gasteiger partial charge < -0.3 is 10.2 Å². The molecule has 2 N–H and O–H groups in total. The second-order valence-electron chi connectivity index (χ2n) is 6.09. The van der Waals surface area contributed by atoms with Crippen molar-refractivity contribution in [3.8, 4) is 0 Å². The molecule has 1 atom stereocenters. The van der Waals surface area contributed by atoms with Crippen molar-refractivity contribution in [1.82, 2.24) is 4.90 Å². The van der Waals surface area contributed by atoms with E-state index >= 15 is 0 Å². The van der Waals surface area contributed by atoms with Crippen LogP contribution in [0.4, 0.5) is 0 Å². The van der Waals surface area contributed by atoms with Crippen molar-refractivity contribution in [2.24, 2.45) is 0 Å². The minimum Gasteiger partial charge on any atom is -0.473 e. The summed E-state index contributed by atoms with van der Waals surface area (Å²) >= 11 is 1.90. The lowest BCUT2D eigenvalue weighted by atomic mass is 9.88. The molecule has 1 aromatic carbocycles. The van der Waals surface area contributed by atoms with Gasteiger partial charge in [-0.05, 0) is 30.0 Å². The predicted octanol–water partition coefficient (Wildman–Crippen LogP) is 3.07. The van der Waals surface area contributed by atoms with E-state index < -0.39 is 11.9 Å². The molecule has 6 heteroatoms. The molecule has 2 heterocycles. The van der Waals surface area contributed by atoms with Crippen molar-refractivity contribution in [2.75, 3.05) is 13.1 Å². The number of carboxylic acids is 2. The lowest BCUT2D eigenvalue weighted by Gasteiger charge is -2.23. The number of benzene rings is 1. The average molecular weight is 347 g/mol. The SMILES string of the molecule is CC1(c2cccs2)CCN(Cc2ccccc2)C1.O=C(O)C(=O)O. The first-order chi connectivity index (χ1) is 11.4. The monoisotopic (exact) mass is 347 g/mol. The number of thiophene rings is 1. The van der Waals surface area contributed by atoms with Gasteiger partial charge in [-0.1, -0.05) is 43.3 Å². The number of aliphatic carboxylic acids is 2. The smallest absolute Gasteiger partial charge is 0.414 e. The molecule has 1 fully saturated rings. The maximum absolute atomic E-state index is 9.10. The topological polar surface area (TPSA) is 77.8 Å². The van der Waals surface area contributed by atoms with Gasteiger partial charge in [-0.15, -0.1) is 11.3 Å². The summed E-state index contributed by atoms with van der Waals surface area (Å²) in [6.07, 6.45) is 1.28. The van der Waals surface area contributed by atoms with Crippen LogP contribution in [0.25, 0.3) is 0 Å². The lowest BCUT2D eigenvalue weighted by molar-refractivity contribution is -0.159. The van der Waals surface area contributed by atoms with Gasteiger partial charge in [0.05, 0.1) is 0 Å². The molecule has 0 spiro atoms. The summed E-state index contributed by atoms with van der Waals surface area (Å²) in [4.78, 5) is 22.3. The normalized spacial score (nSPS) is 20.2. The summed E-state index contributed by atoms with van der Waals surface area (Å²) in [5.74, 6) is -3.65. The first kappa shape index (κ1) is 18.2. The van der Waals surface area contributed by atoms with Crippen LogP contribution in [-0.2, 0) is 21.5 Å². The molecule has 24 heavy (non-hydrogen) atoms. The Hall–Kier alpha value is -2.18. The number of hydrogen-bond acceptors (Lipinski definition) is 4. The summed E-state index contributed by atoms with van der Waals surface area (Å²) in [6, 6.07) is 15.3. The zero-order valence-corrected chi connectivity index (χ0v) is 14.3. The Morgan fingerprint density at radius 2 is 1.79 bits per heavy atom. The molecule has 1 aliphatic heterocycles. The molecular formula is C18H21NO4S. The minimum absolute atomic E-state index is 0.364. The van der Waals surface area contributed by atoms with Crippen LogP contribution < -0.4 is 0 Å². The maximum Gasteiger partial charge on any atom is 0.414 e. The quantitative estimate of drug-likeness (QED) is 0.835. The predicted molar refractivity (Wildman–Crippen MR) is 93.3 cm³/mol. The average Bonchev–Trinajstić information content (AvgIpc) is 3.20. The van der Waals surface area contributed by atoms with Crippen molar-refractivity contribution < 1.29 is 19.8 Å². The van der Waals surface area contributed by atoms with Gasteiger partial charge in [0.1, 0.15) is 0 Å². The molecule has 0 bridgehead atoms. The van der Waals surface area contributed by atoms with Crippen LogP contribution in [0.1, 0.15) is 23.8 Å². The number of carboxylic acid groups (broad SMARTS) is 2. The third kappa shape index (κ3) is 4.91. The number of likely N-dealkylation sites (tertiary alicyclic amines) is 1. The first-order valence-electron chi connectivity index (χ1n) is 7.67. The molecule has 5 nitrogen and oxygen atoms in total. The van der Waals surface area contributed by atoms with Crippen molar-refractivity contribution in [2.45, 2.75) is 25.3 Å². The van der Waals surface area contributed by atoms with E-state index in [1.807, 2.05) is 11.3 Å². The number of nitrogens with zero attached hydrogens (tertiary/aromatic N) is 1. The van der Waals surface area contributed by atoms with E-state index in [0.29, 0.717) is 5.41 Å². The highest BCUT2D eigenvalue weighted by atomic mass is 32.1. The van der Waals surface area contributed by atoms with Gasteiger partial charge in [-0.25, -0.2) is 9.59 Å². The van der Waals surface area contributed by atoms with E-state index in [0.717, 1.165) is 6.54 Å². The number of hydrogen-bond donors (Lipinski definition) is 2. The Morgan fingerprint density at radius 1 is 1.12 bits per heavy atom. The highest BCUT2D eigenvalue weighted by Crippen LogP contribution is 2.37. The van der Waals surface area contributed by atoms with Gasteiger partial charge >= 0.3 is 11.9 Å². The van der Waals surface area contributed by atoms with Crippen LogP contribution in [0.2, 0.25) is 0 Å². The second kappa shape index (κ2) is 8.08. The summed E-state index contributed by atoms with van der Waals surface area (Å²) in [6.45, 7) is 5.89. The fourth-order valence-corrected chi connectivity index (χ4v) is 3.77. The molecule has 0 amide bonds. The zero-order chi connectivity index (χ0) is 17.6. The third-order valence-corrected chi connectivity index (χ3v) is 5.28. The summed E-state index contributed by atoms with van der Waals surface area (Å²) < 4.78 is 0. The fourth-order valence-electron chi connectivity index (χ4n) is 2.86. The summed E-state index contributed by atoms with van der Waals surface area (Å²) in [5.41, 5.74) is 1.79. The first-order valence-corrected chi connectivity index (χ1v) is 8.55. The molecule has 0 radical (unpaired) electrons. The fraction of sp³-hybridized carbons (Fsp3) is 0.333. The van der Waals surface area contributed by atoms with Crippen molar-refractivity contribution in [3.63, 3.8) is 0 Å². The Bertz CT molecular complexity index is 660. The minimum atomic E-state index is -1.82. The van der Waals surface area contributed by atoms with Crippen molar-refractivity contribution >= 4 is 23.3 Å². The lowest BCUT2D eigenvalue weighted by Crippen LogP contribution is -2.27. The van der Waals surface area contributed by atoms with Gasteiger partial charge in [0.2, 0.25) is 0 Å². The van der Waals surface area contributed by atoms with E-state index in [2.05, 4.69) is 59.7 Å². The van der Waals surface area contributed by atoms with E-state index in [1.54, 1.807) is 0 Å². The third-order valence-electron chi connectivity index (χ3n) is 4.10. The van der Waals surface area contributed by atoms with Crippen LogP contribution in [0.3, 0.4) is 0 Å². The highest BCUT2D eigenvalue weighted by molar-refractivity contribution is 7.10. The molecule has 1 aromatic heterocycles. The largest absolute Gasteiger partial charge is 0.473 e. The van der Waals surface area contributed by atoms with Crippen molar-refractivity contribution in [1.29, 1.82) is 0 Å². The number of carbonyl (C=O) groups is 2. The molecule has 1 unspecified atom stereocenters. The Labute approximate surface area is 145 Å². The molecule has 3 rings (SSSR count). The van der Waals surface area contributed by atoms with Gasteiger partial charge in [0.15, 0.2) is 0 Å². The molecular weight excluding hydrogens is 326 g/mol. The van der Waals surface area contributed by atoms with Crippen molar-refractivity contribution in [3.05, 3.63) is 58.3 Å². The van der Waals surface area contributed by atoms with E-state index in [4.69, 9.17) is 19.8 Å². The number of rotatable bonds is 3. The maximum atomic E-state index is 9.10. The van der Waals surface area contributed by atoms with Gasteiger partial charge in [0, 0.05) is 23.4 Å². The van der Waals surface area contributed by atoms with E-state index in [9.17, 15) is 0 Å². The Kier molecular flexibility index (Phi) is 6.11. The van der Waals surface area contributed by atoms with E-state index in [-0.39, 0.29) is 0 Å². The summed E-state index contributed by atoms with van der Waals surface area (Å²) in [5, 5.41) is 17.0. The van der Waals surface area contributed by atoms with E-state index in [1.165, 1.54) is 30.0 Å². The standard InChI is InChI=1S/C16H19NS.C2H2O4/c1-16(15-8-5-11-18-15)9-10-17(13-16)12-14-6-3-2-4-7-14;3-1(4)2(5)6/h2-8,11H,9-10,12-13H2,1H3;(H,3,4)(H,5,6).